The van der Waals surface area contributed by atoms with E-state index < -0.39 is 0 Å². The molecule has 0 aromatic heterocycles. The van der Waals surface area contributed by atoms with Crippen molar-refractivity contribution in [2.24, 2.45) is 5.73 Å². The number of nitrogens with two attached hydrogens (primary N) is 1. The van der Waals surface area contributed by atoms with Gasteiger partial charge in [-0.2, -0.15) is 0 Å². The van der Waals surface area contributed by atoms with E-state index in [2.05, 4.69) is 32.0 Å². The van der Waals surface area contributed by atoms with Gasteiger partial charge in [-0.1, -0.05) is 12.1 Å². The molecule has 0 saturated heterocycles. The molecule has 0 saturated carbocycles. The zero-order valence-electron chi connectivity index (χ0n) is 10.1. The van der Waals surface area contributed by atoms with Crippen LogP contribution in [0.3, 0.4) is 0 Å². The number of benzene rings is 1. The lowest BCUT2D eigenvalue weighted by atomic mass is 9.92. The van der Waals surface area contributed by atoms with Crippen molar-refractivity contribution in [2.75, 3.05) is 0 Å². The number of hydrogen-bond donors (Lipinski definition) is 1. The van der Waals surface area contributed by atoms with Crippen LogP contribution in [-0.2, 0) is 6.42 Å². The summed E-state index contributed by atoms with van der Waals surface area (Å²) in [6.45, 7) is 6.28. The summed E-state index contributed by atoms with van der Waals surface area (Å²) in [5, 5.41) is 0. The number of aryl methyl sites for hydroxylation is 1. The maximum atomic E-state index is 5.91. The van der Waals surface area contributed by atoms with Crippen LogP contribution in [0.15, 0.2) is 18.2 Å². The minimum atomic E-state index is -0.0250. The molecule has 1 aliphatic heterocycles. The molecule has 1 heterocycles. The normalized spacial score (nSPS) is 19.0. The molecule has 0 amide bonds. The second kappa shape index (κ2) is 4.64. The SMILES string of the molecule is CC(N)c1ccc2c(c1)CCC(C)(C)O2.Cl. The highest BCUT2D eigenvalue weighted by atomic mass is 35.5. The lowest BCUT2D eigenvalue weighted by Crippen LogP contribution is -2.32. The monoisotopic (exact) mass is 241 g/mol. The Kier molecular flexibility index (Phi) is 3.87. The lowest BCUT2D eigenvalue weighted by molar-refractivity contribution is 0.0846. The first-order chi connectivity index (χ1) is 6.98. The number of ether oxygens (including phenoxy) is 1. The third-order valence-corrected chi connectivity index (χ3v) is 2.99. The van der Waals surface area contributed by atoms with E-state index in [9.17, 15) is 0 Å². The van der Waals surface area contributed by atoms with E-state index in [1.54, 1.807) is 0 Å². The Morgan fingerprint density at radius 1 is 1.38 bits per heavy atom. The van der Waals surface area contributed by atoms with Gasteiger partial charge < -0.3 is 10.5 Å². The van der Waals surface area contributed by atoms with Gasteiger partial charge in [-0.25, -0.2) is 0 Å². The summed E-state index contributed by atoms with van der Waals surface area (Å²) in [6, 6.07) is 6.39. The first kappa shape index (κ1) is 13.3. The quantitative estimate of drug-likeness (QED) is 0.819. The molecule has 1 aromatic rings. The smallest absolute Gasteiger partial charge is 0.123 e. The Labute approximate surface area is 104 Å². The molecule has 2 rings (SSSR count). The van der Waals surface area contributed by atoms with Crippen LogP contribution in [0.25, 0.3) is 0 Å². The standard InChI is InChI=1S/C13H19NO.ClH/c1-9(14)10-4-5-12-11(8-10)6-7-13(2,3)15-12;/h4-5,8-9H,6-7,14H2,1-3H3;1H. The van der Waals surface area contributed by atoms with Crippen LogP contribution in [0.2, 0.25) is 0 Å². The number of halogens is 1. The highest BCUT2D eigenvalue weighted by molar-refractivity contribution is 5.85. The Morgan fingerprint density at radius 3 is 2.69 bits per heavy atom. The summed E-state index contributed by atoms with van der Waals surface area (Å²) in [6.07, 6.45) is 2.16. The van der Waals surface area contributed by atoms with Crippen molar-refractivity contribution in [1.29, 1.82) is 0 Å². The third kappa shape index (κ3) is 2.69. The summed E-state index contributed by atoms with van der Waals surface area (Å²) < 4.78 is 5.91. The maximum absolute atomic E-state index is 5.91. The molecule has 2 N–H and O–H groups in total. The summed E-state index contributed by atoms with van der Waals surface area (Å²) in [5.41, 5.74) is 8.32. The second-order valence-electron chi connectivity index (χ2n) is 5.02. The van der Waals surface area contributed by atoms with Crippen LogP contribution in [0.1, 0.15) is 44.4 Å². The van der Waals surface area contributed by atoms with Crippen LogP contribution in [-0.4, -0.2) is 5.60 Å². The van der Waals surface area contributed by atoms with E-state index in [4.69, 9.17) is 10.5 Å². The highest BCUT2D eigenvalue weighted by Gasteiger charge is 2.26. The summed E-state index contributed by atoms with van der Waals surface area (Å²) in [4.78, 5) is 0. The first-order valence-corrected chi connectivity index (χ1v) is 5.55. The fraction of sp³-hybridized carbons (Fsp3) is 0.538. The Balaban J connectivity index is 0.00000128. The molecule has 16 heavy (non-hydrogen) atoms. The van der Waals surface area contributed by atoms with Crippen molar-refractivity contribution in [1.82, 2.24) is 0 Å². The summed E-state index contributed by atoms with van der Waals surface area (Å²) >= 11 is 0. The molecule has 1 aliphatic rings. The van der Waals surface area contributed by atoms with E-state index in [0.29, 0.717) is 0 Å². The van der Waals surface area contributed by atoms with Gasteiger partial charge in [0.25, 0.3) is 0 Å². The summed E-state index contributed by atoms with van der Waals surface area (Å²) in [5.74, 6) is 1.02. The van der Waals surface area contributed by atoms with Gasteiger partial charge in [0.2, 0.25) is 0 Å². The number of fused-ring (bicyclic) bond motifs is 1. The van der Waals surface area contributed by atoms with Crippen LogP contribution in [0, 0.1) is 0 Å². The van der Waals surface area contributed by atoms with E-state index in [-0.39, 0.29) is 24.0 Å². The van der Waals surface area contributed by atoms with Crippen molar-refractivity contribution in [2.45, 2.75) is 45.3 Å². The molecule has 0 radical (unpaired) electrons. The average Bonchev–Trinajstić information content (AvgIpc) is 2.15. The van der Waals surface area contributed by atoms with Crippen molar-refractivity contribution in [3.63, 3.8) is 0 Å². The minimum absolute atomic E-state index is 0. The van der Waals surface area contributed by atoms with E-state index in [0.717, 1.165) is 18.6 Å². The molecule has 1 unspecified atom stereocenters. The predicted molar refractivity (Wildman–Crippen MR) is 69.3 cm³/mol. The molecule has 2 nitrogen and oxygen atoms in total. The molecule has 90 valence electrons. The zero-order valence-corrected chi connectivity index (χ0v) is 10.9. The van der Waals surface area contributed by atoms with Gasteiger partial charge >= 0.3 is 0 Å². The van der Waals surface area contributed by atoms with Crippen LogP contribution < -0.4 is 10.5 Å². The molecule has 1 aromatic carbocycles. The van der Waals surface area contributed by atoms with Gasteiger partial charge in [0.15, 0.2) is 0 Å². The molecule has 3 heteroatoms. The van der Waals surface area contributed by atoms with Crippen molar-refractivity contribution >= 4 is 12.4 Å². The average molecular weight is 242 g/mol. The van der Waals surface area contributed by atoms with Gasteiger partial charge in [-0.3, -0.25) is 0 Å². The fourth-order valence-electron chi connectivity index (χ4n) is 1.96. The van der Waals surface area contributed by atoms with Gasteiger partial charge in [0.05, 0.1) is 0 Å². The van der Waals surface area contributed by atoms with Crippen LogP contribution >= 0.6 is 12.4 Å². The van der Waals surface area contributed by atoms with Crippen molar-refractivity contribution < 1.29 is 4.74 Å². The molecule has 1 atom stereocenters. The Bertz CT molecular complexity index is 374. The predicted octanol–water partition coefficient (Wildman–Crippen LogP) is 3.23. The number of hydrogen-bond acceptors (Lipinski definition) is 2. The van der Waals surface area contributed by atoms with Gasteiger partial charge in [0, 0.05) is 6.04 Å². The largest absolute Gasteiger partial charge is 0.488 e. The maximum Gasteiger partial charge on any atom is 0.123 e. The molecule has 0 bridgehead atoms. The van der Waals surface area contributed by atoms with Crippen LogP contribution in [0.4, 0.5) is 0 Å². The second-order valence-corrected chi connectivity index (χ2v) is 5.02. The van der Waals surface area contributed by atoms with Crippen molar-refractivity contribution in [3.05, 3.63) is 29.3 Å². The number of rotatable bonds is 1. The van der Waals surface area contributed by atoms with E-state index >= 15 is 0 Å². The highest BCUT2D eigenvalue weighted by Crippen LogP contribution is 2.34. The van der Waals surface area contributed by atoms with Gasteiger partial charge in [0.1, 0.15) is 11.4 Å². The van der Waals surface area contributed by atoms with E-state index in [1.807, 2.05) is 6.92 Å². The molecule has 0 aliphatic carbocycles. The lowest BCUT2D eigenvalue weighted by Gasteiger charge is -2.32. The van der Waals surface area contributed by atoms with Crippen LogP contribution in [0.5, 0.6) is 5.75 Å². The first-order valence-electron chi connectivity index (χ1n) is 5.55. The minimum Gasteiger partial charge on any atom is -0.488 e. The molecule has 0 fully saturated rings. The fourth-order valence-corrected chi connectivity index (χ4v) is 1.96. The topological polar surface area (TPSA) is 35.2 Å². The van der Waals surface area contributed by atoms with Crippen molar-refractivity contribution in [3.8, 4) is 5.75 Å². The third-order valence-electron chi connectivity index (χ3n) is 2.99. The molecular formula is C13H20ClNO. The molecule has 0 spiro atoms. The Morgan fingerprint density at radius 2 is 2.06 bits per heavy atom. The van der Waals surface area contributed by atoms with E-state index in [1.165, 1.54) is 11.1 Å². The van der Waals surface area contributed by atoms with Gasteiger partial charge in [-0.05, 0) is 50.8 Å². The Hall–Kier alpha value is -0.730. The van der Waals surface area contributed by atoms with Gasteiger partial charge in [-0.15, -0.1) is 12.4 Å². The molecular weight excluding hydrogens is 222 g/mol. The zero-order chi connectivity index (χ0) is 11.1. The summed E-state index contributed by atoms with van der Waals surface area (Å²) in [7, 11) is 0.